The number of hydrogen-bond donors (Lipinski definition) is 1. The second-order valence-corrected chi connectivity index (χ2v) is 22.8. The Labute approximate surface area is 201 Å². The summed E-state index contributed by atoms with van der Waals surface area (Å²) in [6, 6.07) is 0. The molecule has 5 heteroatoms. The van der Waals surface area contributed by atoms with E-state index in [-0.39, 0.29) is 10.5 Å². The molecule has 0 radical (unpaired) electrons. The molecule has 2 rings (SSSR count). The lowest BCUT2D eigenvalue weighted by atomic mass is 9.62. The summed E-state index contributed by atoms with van der Waals surface area (Å²) in [6.07, 6.45) is 7.48. The van der Waals surface area contributed by atoms with Crippen LogP contribution in [-0.2, 0) is 8.85 Å². The molecule has 0 aromatic rings. The van der Waals surface area contributed by atoms with E-state index < -0.39 is 27.8 Å². The molecule has 0 heterocycles. The fourth-order valence-electron chi connectivity index (χ4n) is 5.46. The van der Waals surface area contributed by atoms with Crippen LogP contribution in [0, 0.1) is 23.2 Å². The Hall–Kier alpha value is -0.386. The van der Waals surface area contributed by atoms with E-state index in [1.54, 1.807) is 0 Å². The van der Waals surface area contributed by atoms with Crippen LogP contribution in [0.3, 0.4) is 0 Å². The van der Waals surface area contributed by atoms with E-state index in [0.717, 1.165) is 25.7 Å². The molecule has 4 atom stereocenters. The van der Waals surface area contributed by atoms with Gasteiger partial charge in [0.05, 0.1) is 5.60 Å². The molecule has 2 aliphatic carbocycles. The minimum atomic E-state index is -1.91. The first-order valence-corrected chi connectivity index (χ1v) is 18.8. The number of allylic oxidation sites excluding steroid dienone is 1. The minimum absolute atomic E-state index is 0.000897. The van der Waals surface area contributed by atoms with Crippen molar-refractivity contribution in [3.63, 3.8) is 0 Å². The SMILES string of the molecule is CC(C)(C#CC[C@](C)(O)C1=CC[C@H]2[C@@H](O[Si](C)(C)C)CCC[C@]12C)O[Si](C)(C)C(C)(C)C. The van der Waals surface area contributed by atoms with E-state index in [2.05, 4.69) is 92.2 Å². The zero-order valence-corrected chi connectivity index (χ0v) is 25.0. The van der Waals surface area contributed by atoms with Crippen LogP contribution in [0.15, 0.2) is 11.6 Å². The van der Waals surface area contributed by atoms with Gasteiger partial charge < -0.3 is 14.0 Å². The summed E-state index contributed by atoms with van der Waals surface area (Å²) in [5.41, 5.74) is -0.265. The summed E-state index contributed by atoms with van der Waals surface area (Å²) in [5.74, 6) is 7.13. The Morgan fingerprint density at radius 1 is 1.09 bits per heavy atom. The summed E-state index contributed by atoms with van der Waals surface area (Å²) in [6.45, 7) is 26.5. The van der Waals surface area contributed by atoms with E-state index in [1.165, 1.54) is 5.57 Å². The van der Waals surface area contributed by atoms with Crippen LogP contribution in [0.2, 0.25) is 37.8 Å². The Morgan fingerprint density at radius 3 is 2.22 bits per heavy atom. The van der Waals surface area contributed by atoms with Crippen molar-refractivity contribution in [2.24, 2.45) is 11.3 Å². The van der Waals surface area contributed by atoms with Gasteiger partial charge in [0.1, 0.15) is 5.60 Å². The molecule has 0 amide bonds. The van der Waals surface area contributed by atoms with Crippen molar-refractivity contribution < 1.29 is 14.0 Å². The number of hydrogen-bond acceptors (Lipinski definition) is 3. The zero-order chi connectivity index (χ0) is 24.8. The van der Waals surface area contributed by atoms with Crippen molar-refractivity contribution in [3.8, 4) is 11.8 Å². The van der Waals surface area contributed by atoms with E-state index in [4.69, 9.17) is 8.85 Å². The van der Waals surface area contributed by atoms with Gasteiger partial charge in [-0.1, -0.05) is 52.0 Å². The number of rotatable bonds is 6. The van der Waals surface area contributed by atoms with Gasteiger partial charge in [-0.2, -0.15) is 0 Å². The van der Waals surface area contributed by atoms with Gasteiger partial charge in [0.2, 0.25) is 0 Å². The highest BCUT2D eigenvalue weighted by Crippen LogP contribution is 2.56. The summed E-state index contributed by atoms with van der Waals surface area (Å²) in [7, 11) is -3.51. The molecule has 1 saturated carbocycles. The first-order chi connectivity index (χ1) is 14.2. The van der Waals surface area contributed by atoms with Gasteiger partial charge in [-0.3, -0.25) is 0 Å². The zero-order valence-electron chi connectivity index (χ0n) is 23.0. The molecule has 1 fully saturated rings. The van der Waals surface area contributed by atoms with Crippen LogP contribution in [0.5, 0.6) is 0 Å². The predicted molar refractivity (Wildman–Crippen MR) is 142 cm³/mol. The van der Waals surface area contributed by atoms with Crippen molar-refractivity contribution >= 4 is 16.6 Å². The molecule has 2 aliphatic rings. The molecule has 0 unspecified atom stereocenters. The fourth-order valence-corrected chi connectivity index (χ4v) is 8.29. The number of aliphatic hydroxyl groups is 1. The first kappa shape index (κ1) is 27.9. The van der Waals surface area contributed by atoms with E-state index in [9.17, 15) is 5.11 Å². The maximum absolute atomic E-state index is 11.6. The molecule has 0 bridgehead atoms. The first-order valence-electron chi connectivity index (χ1n) is 12.5. The molecule has 0 aliphatic heterocycles. The molecule has 0 aromatic heterocycles. The molecule has 1 N–H and O–H groups in total. The maximum atomic E-state index is 11.6. The molecule has 0 spiro atoms. The van der Waals surface area contributed by atoms with Gasteiger partial charge in [0.25, 0.3) is 0 Å². The van der Waals surface area contributed by atoms with Crippen LogP contribution in [0.4, 0.5) is 0 Å². The third-order valence-corrected chi connectivity index (χ3v) is 13.5. The smallest absolute Gasteiger partial charge is 0.194 e. The highest BCUT2D eigenvalue weighted by molar-refractivity contribution is 6.74. The predicted octanol–water partition coefficient (Wildman–Crippen LogP) is 7.29. The van der Waals surface area contributed by atoms with Crippen molar-refractivity contribution in [1.82, 2.24) is 0 Å². The summed E-state index contributed by atoms with van der Waals surface area (Å²) >= 11 is 0. The fraction of sp³-hybridized carbons (Fsp3) is 0.852. The average molecular weight is 479 g/mol. The van der Waals surface area contributed by atoms with Gasteiger partial charge in [-0.05, 0) is 94.7 Å². The number of fused-ring (bicyclic) bond motifs is 1. The molecular formula is C27H50O3Si2. The van der Waals surface area contributed by atoms with Crippen molar-refractivity contribution in [2.45, 2.75) is 136 Å². The normalized spacial score (nSPS) is 29.0. The van der Waals surface area contributed by atoms with Gasteiger partial charge in [-0.15, -0.1) is 0 Å². The van der Waals surface area contributed by atoms with Crippen molar-refractivity contribution in [3.05, 3.63) is 11.6 Å². The van der Waals surface area contributed by atoms with Crippen LogP contribution in [-0.4, -0.2) is 39.0 Å². The van der Waals surface area contributed by atoms with Crippen molar-refractivity contribution in [2.75, 3.05) is 0 Å². The lowest BCUT2D eigenvalue weighted by Crippen LogP contribution is -2.47. The summed E-state index contributed by atoms with van der Waals surface area (Å²) in [5, 5.41) is 11.7. The third kappa shape index (κ3) is 6.39. The molecule has 32 heavy (non-hydrogen) atoms. The van der Waals surface area contributed by atoms with Crippen molar-refractivity contribution in [1.29, 1.82) is 0 Å². The maximum Gasteiger partial charge on any atom is 0.194 e. The van der Waals surface area contributed by atoms with E-state index >= 15 is 0 Å². The molecule has 184 valence electrons. The van der Waals surface area contributed by atoms with Gasteiger partial charge in [0, 0.05) is 12.5 Å². The van der Waals surface area contributed by atoms with Gasteiger partial charge >= 0.3 is 0 Å². The Bertz CT molecular complexity index is 771. The topological polar surface area (TPSA) is 38.7 Å². The second-order valence-electron chi connectivity index (χ2n) is 13.7. The Morgan fingerprint density at radius 2 is 1.69 bits per heavy atom. The van der Waals surface area contributed by atoms with E-state index in [0.29, 0.717) is 18.4 Å². The largest absolute Gasteiger partial charge is 0.414 e. The second kappa shape index (κ2) is 9.00. The van der Waals surface area contributed by atoms with Crippen LogP contribution < -0.4 is 0 Å². The molecule has 0 aromatic carbocycles. The van der Waals surface area contributed by atoms with Gasteiger partial charge in [0.15, 0.2) is 16.6 Å². The Balaban J connectivity index is 2.15. The average Bonchev–Trinajstić information content (AvgIpc) is 2.89. The molecule has 0 saturated heterocycles. The van der Waals surface area contributed by atoms with Gasteiger partial charge in [-0.25, -0.2) is 0 Å². The third-order valence-electron chi connectivity index (χ3n) is 7.87. The molecular weight excluding hydrogens is 428 g/mol. The van der Waals surface area contributed by atoms with Crippen LogP contribution >= 0.6 is 0 Å². The standard InChI is InChI=1S/C27H50O3Si2/c1-24(2,3)32(11,12)30-25(4,5)18-14-20-27(7,28)23-17-16-21-22(29-31(8,9)10)15-13-19-26(21,23)6/h17,21-22,28H,13,15-16,19-20H2,1-12H3/t21-,22-,26-,27-/m0/s1. The monoisotopic (exact) mass is 478 g/mol. The van der Waals surface area contributed by atoms with Crippen LogP contribution in [0.1, 0.15) is 80.6 Å². The lowest BCUT2D eigenvalue weighted by Gasteiger charge is -2.48. The van der Waals surface area contributed by atoms with E-state index in [1.807, 2.05) is 6.92 Å². The quantitative estimate of drug-likeness (QED) is 0.247. The van der Waals surface area contributed by atoms with Crippen LogP contribution in [0.25, 0.3) is 0 Å². The Kier molecular flexibility index (Phi) is 7.84. The summed E-state index contributed by atoms with van der Waals surface area (Å²) in [4.78, 5) is 0. The highest BCUT2D eigenvalue weighted by atomic mass is 28.4. The minimum Gasteiger partial charge on any atom is -0.414 e. The highest BCUT2D eigenvalue weighted by Gasteiger charge is 2.52. The lowest BCUT2D eigenvalue weighted by molar-refractivity contribution is -0.00129. The summed E-state index contributed by atoms with van der Waals surface area (Å²) < 4.78 is 13.2. The molecule has 3 nitrogen and oxygen atoms in total.